The van der Waals surface area contributed by atoms with Gasteiger partial charge in [-0.3, -0.25) is 4.79 Å². The van der Waals surface area contributed by atoms with E-state index in [2.05, 4.69) is 48.8 Å². The number of carbonyl (C=O) groups excluding carboxylic acids is 1. The highest BCUT2D eigenvalue weighted by Gasteiger charge is 2.14. The Morgan fingerprint density at radius 1 is 1.28 bits per heavy atom. The molecule has 1 aromatic rings. The van der Waals surface area contributed by atoms with Gasteiger partial charge in [0.2, 0.25) is 0 Å². The molecule has 0 saturated heterocycles. The number of alkyl halides is 1. The fourth-order valence-electron chi connectivity index (χ4n) is 2.23. The summed E-state index contributed by atoms with van der Waals surface area (Å²) in [5.41, 5.74) is 5.19. The second kappa shape index (κ2) is 6.93. The number of benzene rings is 1. The van der Waals surface area contributed by atoms with E-state index in [1.54, 1.807) is 0 Å². The van der Waals surface area contributed by atoms with Crippen LogP contribution in [0.2, 0.25) is 0 Å². The number of rotatable bonds is 5. The van der Waals surface area contributed by atoms with E-state index < -0.39 is 0 Å². The zero-order valence-corrected chi connectivity index (χ0v) is 13.1. The molecule has 3 heteroatoms. The molecule has 1 aromatic carbocycles. The number of hydrogen-bond donors (Lipinski definition) is 0. The van der Waals surface area contributed by atoms with Crippen molar-refractivity contribution >= 4 is 21.9 Å². The Morgan fingerprint density at radius 2 is 1.83 bits per heavy atom. The van der Waals surface area contributed by atoms with Gasteiger partial charge in [0.15, 0.2) is 0 Å². The van der Waals surface area contributed by atoms with Gasteiger partial charge in [-0.2, -0.15) is 0 Å². The van der Waals surface area contributed by atoms with Crippen LogP contribution in [0.15, 0.2) is 12.1 Å². The average Bonchev–Trinajstić information content (AvgIpc) is 2.23. The van der Waals surface area contributed by atoms with E-state index in [9.17, 15) is 4.79 Å². The normalized spacial score (nSPS) is 12.3. The van der Waals surface area contributed by atoms with Crippen molar-refractivity contribution in [3.8, 4) is 0 Å². The van der Waals surface area contributed by atoms with E-state index >= 15 is 0 Å². The van der Waals surface area contributed by atoms with Crippen LogP contribution < -0.4 is 0 Å². The van der Waals surface area contributed by atoms with E-state index in [1.165, 1.54) is 22.3 Å². The molecular weight excluding hydrogens is 292 g/mol. The maximum Gasteiger partial charge on any atom is 0.306 e. The third-order valence-electron chi connectivity index (χ3n) is 2.96. The van der Waals surface area contributed by atoms with Crippen molar-refractivity contribution in [1.82, 2.24) is 0 Å². The Balaban J connectivity index is 2.70. The molecule has 1 rings (SSSR count). The van der Waals surface area contributed by atoms with Crippen molar-refractivity contribution < 1.29 is 9.53 Å². The molecule has 1 unspecified atom stereocenters. The van der Waals surface area contributed by atoms with Crippen molar-refractivity contribution in [2.24, 2.45) is 0 Å². The molecule has 1 atom stereocenters. The van der Waals surface area contributed by atoms with Gasteiger partial charge in [0.1, 0.15) is 0 Å². The number of halogens is 1. The molecule has 0 radical (unpaired) electrons. The largest absolute Gasteiger partial charge is 0.466 e. The number of carbonyl (C=O) groups is 1. The maximum absolute atomic E-state index is 11.4. The number of esters is 1. The van der Waals surface area contributed by atoms with Crippen LogP contribution in [0.3, 0.4) is 0 Å². The molecule has 0 aromatic heterocycles. The molecule has 100 valence electrons. The van der Waals surface area contributed by atoms with Gasteiger partial charge >= 0.3 is 5.97 Å². The molecule has 2 nitrogen and oxygen atoms in total. The molecule has 0 amide bonds. The number of aryl methyl sites for hydroxylation is 3. The van der Waals surface area contributed by atoms with Gasteiger partial charge < -0.3 is 4.74 Å². The van der Waals surface area contributed by atoms with E-state index in [-0.39, 0.29) is 10.8 Å². The zero-order chi connectivity index (χ0) is 13.7. The van der Waals surface area contributed by atoms with Crippen LogP contribution in [0, 0.1) is 20.8 Å². The van der Waals surface area contributed by atoms with Gasteiger partial charge in [-0.15, -0.1) is 0 Å². The molecule has 0 heterocycles. The van der Waals surface area contributed by atoms with Gasteiger partial charge in [0, 0.05) is 4.83 Å². The van der Waals surface area contributed by atoms with Gasteiger partial charge in [0.25, 0.3) is 0 Å². The first kappa shape index (κ1) is 15.2. The van der Waals surface area contributed by atoms with Crippen molar-refractivity contribution in [2.75, 3.05) is 6.61 Å². The van der Waals surface area contributed by atoms with Crippen LogP contribution in [0.25, 0.3) is 0 Å². The molecule has 0 aliphatic carbocycles. The summed E-state index contributed by atoms with van der Waals surface area (Å²) in [5.74, 6) is -0.137. The second-order valence-corrected chi connectivity index (χ2v) is 5.98. The van der Waals surface area contributed by atoms with Crippen LogP contribution in [-0.2, 0) is 16.0 Å². The minimum atomic E-state index is -0.137. The average molecular weight is 313 g/mol. The molecule has 0 spiro atoms. The van der Waals surface area contributed by atoms with Crippen LogP contribution in [-0.4, -0.2) is 17.4 Å². The van der Waals surface area contributed by atoms with Crippen molar-refractivity contribution in [3.05, 3.63) is 34.4 Å². The first-order valence-corrected chi connectivity index (χ1v) is 7.22. The Labute approximate surface area is 118 Å². The smallest absolute Gasteiger partial charge is 0.306 e. The highest BCUT2D eigenvalue weighted by atomic mass is 79.9. The lowest BCUT2D eigenvalue weighted by atomic mass is 9.95. The molecule has 0 saturated carbocycles. The quantitative estimate of drug-likeness (QED) is 0.609. The van der Waals surface area contributed by atoms with E-state index in [1.807, 2.05) is 6.92 Å². The summed E-state index contributed by atoms with van der Waals surface area (Å²) in [7, 11) is 0. The topological polar surface area (TPSA) is 26.3 Å². The number of hydrogen-bond acceptors (Lipinski definition) is 2. The summed E-state index contributed by atoms with van der Waals surface area (Å²) < 4.78 is 4.96. The predicted octanol–water partition coefficient (Wildman–Crippen LogP) is 3.87. The fraction of sp³-hybridized carbons (Fsp3) is 0.533. The first-order valence-electron chi connectivity index (χ1n) is 6.30. The molecular formula is C15H21BrO2. The fourth-order valence-corrected chi connectivity index (χ4v) is 2.81. The van der Waals surface area contributed by atoms with Crippen LogP contribution in [0.1, 0.15) is 35.6 Å². The SMILES string of the molecule is CCOC(=O)CC(Br)Cc1c(C)cc(C)cc1C. The first-order chi connectivity index (χ1) is 8.43. The molecule has 0 aliphatic rings. The van der Waals surface area contributed by atoms with Crippen molar-refractivity contribution in [2.45, 2.75) is 45.4 Å². The zero-order valence-electron chi connectivity index (χ0n) is 11.5. The van der Waals surface area contributed by atoms with Gasteiger partial charge in [-0.1, -0.05) is 33.6 Å². The van der Waals surface area contributed by atoms with E-state index in [0.717, 1.165) is 6.42 Å². The highest BCUT2D eigenvalue weighted by Crippen LogP contribution is 2.22. The summed E-state index contributed by atoms with van der Waals surface area (Å²) in [6.07, 6.45) is 1.28. The van der Waals surface area contributed by atoms with E-state index in [4.69, 9.17) is 4.74 Å². The van der Waals surface area contributed by atoms with Crippen LogP contribution >= 0.6 is 15.9 Å². The molecule has 0 fully saturated rings. The van der Waals surface area contributed by atoms with Crippen LogP contribution in [0.5, 0.6) is 0 Å². The van der Waals surface area contributed by atoms with E-state index in [0.29, 0.717) is 13.0 Å². The van der Waals surface area contributed by atoms with Gasteiger partial charge in [-0.05, 0) is 50.8 Å². The molecule has 18 heavy (non-hydrogen) atoms. The Kier molecular flexibility index (Phi) is 5.86. The third kappa shape index (κ3) is 4.45. The predicted molar refractivity (Wildman–Crippen MR) is 78.3 cm³/mol. The molecule has 0 bridgehead atoms. The maximum atomic E-state index is 11.4. The summed E-state index contributed by atoms with van der Waals surface area (Å²) in [6, 6.07) is 4.37. The van der Waals surface area contributed by atoms with Crippen LogP contribution in [0.4, 0.5) is 0 Å². The summed E-state index contributed by atoms with van der Waals surface area (Å²) in [4.78, 5) is 11.6. The lowest BCUT2D eigenvalue weighted by Gasteiger charge is -2.14. The Hall–Kier alpha value is -0.830. The second-order valence-electron chi connectivity index (χ2n) is 4.69. The third-order valence-corrected chi connectivity index (χ3v) is 3.61. The van der Waals surface area contributed by atoms with Gasteiger partial charge in [-0.25, -0.2) is 0 Å². The lowest BCUT2D eigenvalue weighted by Crippen LogP contribution is -2.14. The number of ether oxygens (including phenoxy) is 1. The Morgan fingerprint density at radius 3 is 2.33 bits per heavy atom. The summed E-state index contributed by atoms with van der Waals surface area (Å²) in [6.45, 7) is 8.63. The lowest BCUT2D eigenvalue weighted by molar-refractivity contribution is -0.143. The van der Waals surface area contributed by atoms with Gasteiger partial charge in [0.05, 0.1) is 13.0 Å². The monoisotopic (exact) mass is 312 g/mol. The van der Waals surface area contributed by atoms with Crippen molar-refractivity contribution in [1.29, 1.82) is 0 Å². The minimum absolute atomic E-state index is 0.136. The standard InChI is InChI=1S/C15H21BrO2/c1-5-18-15(17)9-13(16)8-14-11(3)6-10(2)7-12(14)4/h6-7,13H,5,8-9H2,1-4H3. The summed E-state index contributed by atoms with van der Waals surface area (Å²) >= 11 is 3.57. The van der Waals surface area contributed by atoms with Crippen molar-refractivity contribution in [3.63, 3.8) is 0 Å². The molecule has 0 N–H and O–H groups in total. The Bertz CT molecular complexity index is 403. The summed E-state index contributed by atoms with van der Waals surface area (Å²) in [5, 5.41) is 0. The molecule has 0 aliphatic heterocycles. The minimum Gasteiger partial charge on any atom is -0.466 e. The highest BCUT2D eigenvalue weighted by molar-refractivity contribution is 9.09.